The Labute approximate surface area is 200 Å². The largest absolute Gasteiger partial charge is 0.402 e. The summed E-state index contributed by atoms with van der Waals surface area (Å²) in [5, 5.41) is 0. The predicted molar refractivity (Wildman–Crippen MR) is 122 cm³/mol. The van der Waals surface area contributed by atoms with Crippen LogP contribution in [-0.2, 0) is 23.1 Å². The molecule has 0 aliphatic heterocycles. The molecular weight excluding hydrogens is 484 g/mol. The number of halogens is 4. The molecule has 1 saturated carbocycles. The molecule has 2 aliphatic carbocycles. The van der Waals surface area contributed by atoms with Crippen LogP contribution >= 0.6 is 0 Å². The van der Waals surface area contributed by atoms with Crippen LogP contribution < -0.4 is 9.44 Å². The molecule has 0 radical (unpaired) electrons. The Morgan fingerprint density at radius 3 is 2.37 bits per heavy atom. The van der Waals surface area contributed by atoms with Crippen LogP contribution in [0.1, 0.15) is 24.0 Å². The van der Waals surface area contributed by atoms with Crippen LogP contribution in [0.25, 0.3) is 16.9 Å². The van der Waals surface area contributed by atoms with Gasteiger partial charge >= 0.3 is 6.18 Å². The third-order valence-electron chi connectivity index (χ3n) is 6.85. The topological polar surface area (TPSA) is 76.0 Å². The summed E-state index contributed by atoms with van der Waals surface area (Å²) in [5.74, 6) is -0.297. The van der Waals surface area contributed by atoms with Crippen molar-refractivity contribution in [2.24, 2.45) is 11.8 Å². The molecule has 0 amide bonds. The van der Waals surface area contributed by atoms with Gasteiger partial charge in [-0.1, -0.05) is 6.07 Å². The van der Waals surface area contributed by atoms with Crippen molar-refractivity contribution in [2.45, 2.75) is 37.9 Å². The molecule has 11 heteroatoms. The molecule has 0 unspecified atom stereocenters. The number of imidazole rings is 1. The minimum Gasteiger partial charge on any atom is -0.306 e. The van der Waals surface area contributed by atoms with Crippen molar-refractivity contribution in [3.63, 3.8) is 0 Å². The van der Waals surface area contributed by atoms with E-state index in [1.807, 2.05) is 22.9 Å². The van der Waals surface area contributed by atoms with Gasteiger partial charge in [0.1, 0.15) is 12.4 Å². The van der Waals surface area contributed by atoms with Crippen molar-refractivity contribution in [3.05, 3.63) is 71.9 Å². The van der Waals surface area contributed by atoms with E-state index in [9.17, 15) is 26.0 Å². The van der Waals surface area contributed by atoms with Gasteiger partial charge in [-0.3, -0.25) is 0 Å². The molecule has 2 N–H and O–H groups in total. The van der Waals surface area contributed by atoms with E-state index in [2.05, 4.69) is 15.8 Å². The molecular formula is C24H24F4N4O2S. The minimum atomic E-state index is -4.62. The number of aromatic nitrogens is 2. The first-order valence-electron chi connectivity index (χ1n) is 11.3. The Balaban J connectivity index is 1.34. The number of rotatable bonds is 6. The Morgan fingerprint density at radius 1 is 1.00 bits per heavy atom. The SMILES string of the molecule is O=S(=O)(NCC(F)(F)F)N[C@H]1[C@@H]2CC[C@H]1Cc1ccc(-n3cnc(-c4ccc(F)cc4)c3)cc1C2. The third kappa shape index (κ3) is 5.41. The van der Waals surface area contributed by atoms with Gasteiger partial charge in [-0.2, -0.15) is 31.0 Å². The predicted octanol–water partition coefficient (Wildman–Crippen LogP) is 4.16. The number of nitrogens with one attached hydrogen (secondary N) is 2. The summed E-state index contributed by atoms with van der Waals surface area (Å²) in [7, 11) is -4.28. The first-order valence-corrected chi connectivity index (χ1v) is 12.8. The van der Waals surface area contributed by atoms with Crippen molar-refractivity contribution in [1.29, 1.82) is 0 Å². The molecule has 0 saturated heterocycles. The maximum atomic E-state index is 13.2. The highest BCUT2D eigenvalue weighted by atomic mass is 32.2. The average molecular weight is 509 g/mol. The molecule has 186 valence electrons. The maximum absolute atomic E-state index is 13.2. The molecule has 0 spiro atoms. The van der Waals surface area contributed by atoms with Crippen LogP contribution in [0.15, 0.2) is 55.0 Å². The van der Waals surface area contributed by atoms with Gasteiger partial charge in [0.2, 0.25) is 0 Å². The van der Waals surface area contributed by atoms with Gasteiger partial charge in [-0.05, 0) is 85.0 Å². The Morgan fingerprint density at radius 2 is 1.69 bits per heavy atom. The summed E-state index contributed by atoms with van der Waals surface area (Å²) in [6, 6.07) is 11.7. The summed E-state index contributed by atoms with van der Waals surface area (Å²) in [6.45, 7) is -1.60. The van der Waals surface area contributed by atoms with E-state index in [1.54, 1.807) is 23.2 Å². The second-order valence-electron chi connectivity index (χ2n) is 9.22. The second kappa shape index (κ2) is 9.03. The smallest absolute Gasteiger partial charge is 0.306 e. The van der Waals surface area contributed by atoms with Crippen molar-refractivity contribution >= 4 is 10.2 Å². The monoisotopic (exact) mass is 508 g/mol. The van der Waals surface area contributed by atoms with Crippen LogP contribution in [-0.4, -0.2) is 36.7 Å². The molecule has 35 heavy (non-hydrogen) atoms. The van der Waals surface area contributed by atoms with E-state index in [0.29, 0.717) is 18.5 Å². The fourth-order valence-corrected chi connectivity index (χ4v) is 6.36. The molecule has 2 bridgehead atoms. The Kier molecular flexibility index (Phi) is 6.18. The quantitative estimate of drug-likeness (QED) is 0.491. The number of hydrogen-bond donors (Lipinski definition) is 2. The van der Waals surface area contributed by atoms with Crippen LogP contribution in [0.3, 0.4) is 0 Å². The summed E-state index contributed by atoms with van der Waals surface area (Å²) in [4.78, 5) is 4.43. The summed E-state index contributed by atoms with van der Waals surface area (Å²) < 4.78 is 81.2. The highest BCUT2D eigenvalue weighted by Gasteiger charge is 2.41. The number of nitrogens with zero attached hydrogens (tertiary/aromatic N) is 2. The molecule has 6 nitrogen and oxygen atoms in total. The molecule has 2 aliphatic rings. The third-order valence-corrected chi connectivity index (χ3v) is 7.96. The van der Waals surface area contributed by atoms with Gasteiger partial charge in [-0.25, -0.2) is 9.37 Å². The van der Waals surface area contributed by atoms with E-state index in [1.165, 1.54) is 12.1 Å². The van der Waals surface area contributed by atoms with E-state index in [4.69, 9.17) is 0 Å². The fourth-order valence-electron chi connectivity index (χ4n) is 5.18. The van der Waals surface area contributed by atoms with Crippen molar-refractivity contribution in [2.75, 3.05) is 6.54 Å². The van der Waals surface area contributed by atoms with Gasteiger partial charge in [0.15, 0.2) is 0 Å². The number of fused-ring (bicyclic) bond motifs is 3. The first kappa shape index (κ1) is 24.0. The van der Waals surface area contributed by atoms with Gasteiger partial charge in [0.05, 0.1) is 12.0 Å². The van der Waals surface area contributed by atoms with Gasteiger partial charge in [-0.15, -0.1) is 0 Å². The highest BCUT2D eigenvalue weighted by molar-refractivity contribution is 7.87. The number of benzene rings is 2. The van der Waals surface area contributed by atoms with Crippen molar-refractivity contribution in [1.82, 2.24) is 19.0 Å². The molecule has 3 atom stereocenters. The lowest BCUT2D eigenvalue weighted by Gasteiger charge is -2.23. The summed E-state index contributed by atoms with van der Waals surface area (Å²) >= 11 is 0. The van der Waals surface area contributed by atoms with Crippen LogP contribution in [0.2, 0.25) is 0 Å². The van der Waals surface area contributed by atoms with Crippen LogP contribution in [0.4, 0.5) is 17.6 Å². The minimum absolute atomic E-state index is 0.00322. The fraction of sp³-hybridized carbons (Fsp3) is 0.375. The van der Waals surface area contributed by atoms with Gasteiger partial charge in [0, 0.05) is 23.5 Å². The van der Waals surface area contributed by atoms with Gasteiger partial charge < -0.3 is 4.57 Å². The standard InChI is InChI=1S/C24H24F4N4O2S/c25-20-6-3-15(4-7-20)22-12-32(14-29-22)21-8-5-16-9-17-1-2-18(10-19(16)11-21)23(17)31-35(33,34)30-13-24(26,27)28/h3-8,11-12,14,17-18,23,30-31H,1-2,9-10,13H2/t17-,18+,23+/m0/s1. The molecule has 3 aromatic rings. The summed E-state index contributed by atoms with van der Waals surface area (Å²) in [6.07, 6.45) is 1.84. The zero-order valence-corrected chi connectivity index (χ0v) is 19.4. The van der Waals surface area contributed by atoms with E-state index in [0.717, 1.165) is 35.2 Å². The highest BCUT2D eigenvalue weighted by Crippen LogP contribution is 2.41. The zero-order chi connectivity index (χ0) is 24.8. The van der Waals surface area contributed by atoms with Crippen LogP contribution in [0, 0.1) is 17.7 Å². The van der Waals surface area contributed by atoms with Crippen LogP contribution in [0.5, 0.6) is 0 Å². The van der Waals surface area contributed by atoms with E-state index in [-0.39, 0.29) is 17.7 Å². The van der Waals surface area contributed by atoms with E-state index >= 15 is 0 Å². The lowest BCUT2D eigenvalue weighted by molar-refractivity contribution is -0.121. The zero-order valence-electron chi connectivity index (χ0n) is 18.6. The maximum Gasteiger partial charge on any atom is 0.402 e. The first-order chi connectivity index (χ1) is 16.6. The van der Waals surface area contributed by atoms with Gasteiger partial charge in [0.25, 0.3) is 10.2 Å². The summed E-state index contributed by atoms with van der Waals surface area (Å²) in [5.41, 5.74) is 4.61. The lowest BCUT2D eigenvalue weighted by atomic mass is 9.93. The van der Waals surface area contributed by atoms with Crippen molar-refractivity contribution in [3.8, 4) is 16.9 Å². The lowest BCUT2D eigenvalue weighted by Crippen LogP contribution is -2.49. The Hall–Kier alpha value is -2.76. The molecule has 1 aromatic heterocycles. The molecule has 1 heterocycles. The molecule has 1 fully saturated rings. The normalized spacial score (nSPS) is 22.1. The Bertz CT molecular complexity index is 1320. The van der Waals surface area contributed by atoms with E-state index < -0.39 is 29.0 Å². The number of alkyl halides is 3. The second-order valence-corrected chi connectivity index (χ2v) is 10.7. The average Bonchev–Trinajstić information content (AvgIpc) is 3.37. The molecule has 5 rings (SSSR count). The number of hydrogen-bond acceptors (Lipinski definition) is 3. The molecule has 2 aromatic carbocycles. The van der Waals surface area contributed by atoms with Crippen molar-refractivity contribution < 1.29 is 26.0 Å².